The number of oxime groups is 1. The van der Waals surface area contributed by atoms with Gasteiger partial charge in [-0.1, -0.05) is 28.9 Å². The molecule has 0 aliphatic heterocycles. The Labute approximate surface area is 146 Å². The van der Waals surface area contributed by atoms with Crippen molar-refractivity contribution in [1.29, 1.82) is 0 Å². The molecule has 0 unspecified atom stereocenters. The Morgan fingerprint density at radius 3 is 2.54 bits per heavy atom. The van der Waals surface area contributed by atoms with Crippen molar-refractivity contribution in [2.45, 2.75) is 13.8 Å². The van der Waals surface area contributed by atoms with E-state index in [2.05, 4.69) is 5.16 Å². The highest BCUT2D eigenvalue weighted by molar-refractivity contribution is 6.32. The van der Waals surface area contributed by atoms with Gasteiger partial charge < -0.3 is 19.4 Å². The summed E-state index contributed by atoms with van der Waals surface area (Å²) in [5.74, 6) is 1.73. The number of benzene rings is 2. The van der Waals surface area contributed by atoms with Crippen molar-refractivity contribution < 1.29 is 19.4 Å². The second kappa shape index (κ2) is 8.45. The van der Waals surface area contributed by atoms with Gasteiger partial charge >= 0.3 is 0 Å². The van der Waals surface area contributed by atoms with E-state index in [9.17, 15) is 0 Å². The highest BCUT2D eigenvalue weighted by Gasteiger charge is 2.12. The predicted molar refractivity (Wildman–Crippen MR) is 94.3 cm³/mol. The van der Waals surface area contributed by atoms with Crippen molar-refractivity contribution in [3.63, 3.8) is 0 Å². The molecule has 2 aromatic carbocycles. The number of nitrogens with zero attached hydrogens (tertiary/aromatic N) is 1. The molecule has 0 atom stereocenters. The molecule has 128 valence electrons. The highest BCUT2D eigenvalue weighted by Crippen LogP contribution is 2.36. The number of rotatable bonds is 7. The zero-order valence-electron chi connectivity index (χ0n) is 13.9. The summed E-state index contributed by atoms with van der Waals surface area (Å²) < 4.78 is 16.7. The van der Waals surface area contributed by atoms with Crippen molar-refractivity contribution >= 4 is 17.8 Å². The van der Waals surface area contributed by atoms with Gasteiger partial charge in [0.15, 0.2) is 11.5 Å². The molecule has 0 heterocycles. The standard InChI is InChI=1S/C18H20ClNO4/c1-12-4-5-13(2)16(8-12)23-6-7-24-18-15(19)9-14(11-20-21)10-17(18)22-3/h4-5,8-11,21H,6-7H2,1-3H3. The number of hydrogen-bond acceptors (Lipinski definition) is 5. The lowest BCUT2D eigenvalue weighted by molar-refractivity contribution is 0.210. The van der Waals surface area contributed by atoms with Crippen LogP contribution in [-0.2, 0) is 0 Å². The van der Waals surface area contributed by atoms with Gasteiger partial charge in [-0.3, -0.25) is 0 Å². The minimum Gasteiger partial charge on any atom is -0.493 e. The zero-order chi connectivity index (χ0) is 17.5. The molecule has 1 N–H and O–H groups in total. The van der Waals surface area contributed by atoms with Crippen LogP contribution in [0, 0.1) is 13.8 Å². The number of methoxy groups -OCH3 is 1. The molecule has 0 spiro atoms. The highest BCUT2D eigenvalue weighted by atomic mass is 35.5. The van der Waals surface area contributed by atoms with Gasteiger partial charge in [0.05, 0.1) is 18.3 Å². The van der Waals surface area contributed by atoms with Crippen LogP contribution in [0.25, 0.3) is 0 Å². The second-order valence-corrected chi connectivity index (χ2v) is 5.65. The zero-order valence-corrected chi connectivity index (χ0v) is 14.6. The summed E-state index contributed by atoms with van der Waals surface area (Å²) >= 11 is 6.20. The number of aryl methyl sites for hydroxylation is 2. The van der Waals surface area contributed by atoms with Crippen molar-refractivity contribution in [3.8, 4) is 17.2 Å². The molecular weight excluding hydrogens is 330 g/mol. The molecule has 24 heavy (non-hydrogen) atoms. The van der Waals surface area contributed by atoms with Gasteiger partial charge in [0, 0.05) is 5.56 Å². The lowest BCUT2D eigenvalue weighted by Crippen LogP contribution is -2.10. The molecule has 5 nitrogen and oxygen atoms in total. The van der Waals surface area contributed by atoms with Crippen LogP contribution >= 0.6 is 11.6 Å². The van der Waals surface area contributed by atoms with Crippen LogP contribution in [0.15, 0.2) is 35.5 Å². The Bertz CT molecular complexity index is 731. The maximum Gasteiger partial charge on any atom is 0.179 e. The minimum atomic E-state index is 0.316. The average Bonchev–Trinajstić information content (AvgIpc) is 2.56. The molecule has 2 rings (SSSR count). The van der Waals surface area contributed by atoms with E-state index in [0.29, 0.717) is 35.3 Å². The normalized spacial score (nSPS) is 10.8. The smallest absolute Gasteiger partial charge is 0.179 e. The van der Waals surface area contributed by atoms with Crippen molar-refractivity contribution in [3.05, 3.63) is 52.0 Å². The van der Waals surface area contributed by atoms with Gasteiger partial charge in [-0.15, -0.1) is 0 Å². The van der Waals surface area contributed by atoms with Gasteiger partial charge in [-0.05, 0) is 43.2 Å². The molecule has 0 bridgehead atoms. The van der Waals surface area contributed by atoms with E-state index in [0.717, 1.165) is 16.9 Å². The summed E-state index contributed by atoms with van der Waals surface area (Å²) in [6.45, 7) is 4.71. The molecule has 0 saturated heterocycles. The summed E-state index contributed by atoms with van der Waals surface area (Å²) in [4.78, 5) is 0. The Kier molecular flexibility index (Phi) is 6.32. The Balaban J connectivity index is 2.00. The van der Waals surface area contributed by atoms with Crippen molar-refractivity contribution in [2.75, 3.05) is 20.3 Å². The van der Waals surface area contributed by atoms with E-state index in [1.54, 1.807) is 12.1 Å². The predicted octanol–water partition coefficient (Wildman–Crippen LogP) is 4.23. The second-order valence-electron chi connectivity index (χ2n) is 5.24. The van der Waals surface area contributed by atoms with Crippen LogP contribution < -0.4 is 14.2 Å². The van der Waals surface area contributed by atoms with Crippen molar-refractivity contribution in [1.82, 2.24) is 0 Å². The van der Waals surface area contributed by atoms with Crippen LogP contribution in [0.4, 0.5) is 0 Å². The number of ether oxygens (including phenoxy) is 3. The fourth-order valence-corrected chi connectivity index (χ4v) is 2.45. The first-order valence-electron chi connectivity index (χ1n) is 7.43. The number of hydrogen-bond donors (Lipinski definition) is 1. The average molecular weight is 350 g/mol. The Morgan fingerprint density at radius 2 is 1.83 bits per heavy atom. The molecule has 0 radical (unpaired) electrons. The third kappa shape index (κ3) is 4.55. The van der Waals surface area contributed by atoms with Crippen LogP contribution in [0.1, 0.15) is 16.7 Å². The molecule has 0 saturated carbocycles. The molecule has 2 aromatic rings. The van der Waals surface area contributed by atoms with Gasteiger partial charge in [0.1, 0.15) is 19.0 Å². The van der Waals surface area contributed by atoms with Gasteiger partial charge in [-0.25, -0.2) is 0 Å². The Morgan fingerprint density at radius 1 is 1.08 bits per heavy atom. The van der Waals surface area contributed by atoms with Crippen molar-refractivity contribution in [2.24, 2.45) is 5.16 Å². The van der Waals surface area contributed by atoms with Crippen LogP contribution in [0.5, 0.6) is 17.2 Å². The molecule has 0 aliphatic rings. The first kappa shape index (κ1) is 17.9. The molecule has 0 aliphatic carbocycles. The topological polar surface area (TPSA) is 60.3 Å². The van der Waals surface area contributed by atoms with Gasteiger partial charge in [0.2, 0.25) is 0 Å². The summed E-state index contributed by atoms with van der Waals surface area (Å²) in [6.07, 6.45) is 1.27. The monoisotopic (exact) mass is 349 g/mol. The lowest BCUT2D eigenvalue weighted by Gasteiger charge is -2.14. The van der Waals surface area contributed by atoms with Crippen LogP contribution in [0.3, 0.4) is 0 Å². The first-order chi connectivity index (χ1) is 11.5. The fourth-order valence-electron chi connectivity index (χ4n) is 2.18. The molecular formula is C18H20ClNO4. The minimum absolute atomic E-state index is 0.316. The van der Waals surface area contributed by atoms with E-state index in [4.69, 9.17) is 31.0 Å². The van der Waals surface area contributed by atoms with E-state index in [1.165, 1.54) is 13.3 Å². The maximum atomic E-state index is 8.60. The van der Waals surface area contributed by atoms with E-state index >= 15 is 0 Å². The summed E-state index contributed by atoms with van der Waals surface area (Å²) in [5, 5.41) is 12.0. The van der Waals surface area contributed by atoms with E-state index < -0.39 is 0 Å². The van der Waals surface area contributed by atoms with Gasteiger partial charge in [-0.2, -0.15) is 0 Å². The largest absolute Gasteiger partial charge is 0.493 e. The van der Waals surface area contributed by atoms with E-state index in [1.807, 2.05) is 32.0 Å². The molecule has 6 heteroatoms. The van der Waals surface area contributed by atoms with Gasteiger partial charge in [0.25, 0.3) is 0 Å². The quantitative estimate of drug-likeness (QED) is 0.351. The first-order valence-corrected chi connectivity index (χ1v) is 7.80. The fraction of sp³-hybridized carbons (Fsp3) is 0.278. The third-order valence-corrected chi connectivity index (χ3v) is 3.67. The summed E-state index contributed by atoms with van der Waals surface area (Å²) in [5.41, 5.74) is 2.82. The SMILES string of the molecule is COc1cc(C=NO)cc(Cl)c1OCCOc1cc(C)ccc1C. The third-order valence-electron chi connectivity index (χ3n) is 3.39. The van der Waals surface area contributed by atoms with Crippen LogP contribution in [0.2, 0.25) is 5.02 Å². The molecule has 0 amide bonds. The number of halogens is 1. The summed E-state index contributed by atoms with van der Waals surface area (Å²) in [7, 11) is 1.52. The molecule has 0 fully saturated rings. The maximum absolute atomic E-state index is 8.60. The van der Waals surface area contributed by atoms with E-state index in [-0.39, 0.29) is 0 Å². The van der Waals surface area contributed by atoms with Crippen LogP contribution in [-0.4, -0.2) is 31.7 Å². The lowest BCUT2D eigenvalue weighted by atomic mass is 10.1. The Hall–Kier alpha value is -2.40. The summed E-state index contributed by atoms with van der Waals surface area (Å²) in [6, 6.07) is 9.36. The molecule has 0 aromatic heterocycles.